The van der Waals surface area contributed by atoms with Crippen molar-refractivity contribution in [3.8, 4) is 0 Å². The van der Waals surface area contributed by atoms with Gasteiger partial charge in [-0.05, 0) is 0 Å². The SMILES string of the molecule is O=C(O)CC(=O)OB(O)O.[LiH]. The molecule has 0 unspecified atom stereocenters. The summed E-state index contributed by atoms with van der Waals surface area (Å²) in [6.07, 6.45) is -0.877. The molecule has 0 aromatic rings. The molecule has 0 amide bonds. The van der Waals surface area contributed by atoms with Gasteiger partial charge in [0.25, 0.3) is 0 Å². The predicted octanol–water partition coefficient (Wildman–Crippen LogP) is -2.67. The molecule has 0 atom stereocenters. The Labute approximate surface area is 74.5 Å². The van der Waals surface area contributed by atoms with Crippen molar-refractivity contribution >= 4 is 38.1 Å². The first kappa shape index (κ1) is 13.1. The molecule has 0 radical (unpaired) electrons. The van der Waals surface area contributed by atoms with Crippen molar-refractivity contribution in [2.24, 2.45) is 0 Å². The van der Waals surface area contributed by atoms with Gasteiger partial charge in [0.2, 0.25) is 0 Å². The summed E-state index contributed by atoms with van der Waals surface area (Å²) in [7, 11) is -2.24. The molecule has 11 heavy (non-hydrogen) atoms. The van der Waals surface area contributed by atoms with Gasteiger partial charge in [0.1, 0.15) is 6.42 Å². The van der Waals surface area contributed by atoms with Crippen molar-refractivity contribution in [2.45, 2.75) is 6.42 Å². The minimum atomic E-state index is -2.24. The fraction of sp³-hybridized carbons (Fsp3) is 0.333. The quantitative estimate of drug-likeness (QED) is 0.304. The molecule has 0 aliphatic carbocycles. The van der Waals surface area contributed by atoms with Crippen molar-refractivity contribution < 1.29 is 29.4 Å². The molecule has 6 nitrogen and oxygen atoms in total. The zero-order valence-electron chi connectivity index (χ0n) is 4.85. The van der Waals surface area contributed by atoms with Crippen LogP contribution in [0.1, 0.15) is 6.42 Å². The summed E-state index contributed by atoms with van der Waals surface area (Å²) >= 11 is 0. The van der Waals surface area contributed by atoms with Crippen LogP contribution in [0.4, 0.5) is 0 Å². The second-order valence-corrected chi connectivity index (χ2v) is 1.39. The van der Waals surface area contributed by atoms with E-state index >= 15 is 0 Å². The zero-order chi connectivity index (χ0) is 8.15. The summed E-state index contributed by atoms with van der Waals surface area (Å²) in [5.74, 6) is -2.58. The van der Waals surface area contributed by atoms with Crippen LogP contribution in [0.3, 0.4) is 0 Å². The monoisotopic (exact) mass is 156 g/mol. The average Bonchev–Trinajstić information content (AvgIpc) is 1.58. The first-order valence-electron chi connectivity index (χ1n) is 2.30. The van der Waals surface area contributed by atoms with Crippen LogP contribution in [0.5, 0.6) is 0 Å². The Morgan fingerprint density at radius 2 is 1.82 bits per heavy atom. The maximum atomic E-state index is 10.1. The van der Waals surface area contributed by atoms with E-state index in [1.165, 1.54) is 0 Å². The van der Waals surface area contributed by atoms with E-state index in [1.54, 1.807) is 0 Å². The fourth-order valence-electron chi connectivity index (χ4n) is 0.283. The molecule has 0 saturated carbocycles. The fourth-order valence-corrected chi connectivity index (χ4v) is 0.283. The van der Waals surface area contributed by atoms with Crippen LogP contribution in [0.2, 0.25) is 0 Å². The molecular formula is C3H6BLiO6. The number of carboxylic acid groups (broad SMARTS) is 1. The molecule has 58 valence electrons. The van der Waals surface area contributed by atoms with Crippen molar-refractivity contribution in [1.82, 2.24) is 0 Å². The summed E-state index contributed by atoms with van der Waals surface area (Å²) in [5, 5.41) is 23.8. The molecule has 0 bridgehead atoms. The molecule has 3 N–H and O–H groups in total. The Hall–Kier alpha value is -0.478. The average molecular weight is 156 g/mol. The molecule has 8 heteroatoms. The summed E-state index contributed by atoms with van der Waals surface area (Å²) in [6, 6.07) is 0. The summed E-state index contributed by atoms with van der Waals surface area (Å²) in [4.78, 5) is 19.9. The third kappa shape index (κ3) is 9.52. The van der Waals surface area contributed by atoms with E-state index in [0.29, 0.717) is 0 Å². The van der Waals surface area contributed by atoms with Crippen LogP contribution in [0.25, 0.3) is 0 Å². The molecule has 0 aliphatic rings. The summed E-state index contributed by atoms with van der Waals surface area (Å²) < 4.78 is 3.65. The van der Waals surface area contributed by atoms with Crippen molar-refractivity contribution in [3.63, 3.8) is 0 Å². The number of carbonyl (C=O) groups is 2. The van der Waals surface area contributed by atoms with Gasteiger partial charge in [0.15, 0.2) is 0 Å². The number of hydrogen-bond acceptors (Lipinski definition) is 5. The molecule has 0 rings (SSSR count). The van der Waals surface area contributed by atoms with Crippen molar-refractivity contribution in [1.29, 1.82) is 0 Å². The Bertz CT molecular complexity index is 147. The van der Waals surface area contributed by atoms with Gasteiger partial charge < -0.3 is 19.8 Å². The number of carbonyl (C=O) groups excluding carboxylic acids is 1. The van der Waals surface area contributed by atoms with Crippen molar-refractivity contribution in [3.05, 3.63) is 0 Å². The van der Waals surface area contributed by atoms with Gasteiger partial charge in [-0.1, -0.05) is 0 Å². The van der Waals surface area contributed by atoms with Gasteiger partial charge in [-0.2, -0.15) is 0 Å². The van der Waals surface area contributed by atoms with E-state index in [9.17, 15) is 9.59 Å². The molecule has 0 spiro atoms. The van der Waals surface area contributed by atoms with Gasteiger partial charge in [0, 0.05) is 0 Å². The topological polar surface area (TPSA) is 104 Å². The predicted molar refractivity (Wildman–Crippen MR) is 35.7 cm³/mol. The molecule has 0 aromatic carbocycles. The van der Waals surface area contributed by atoms with E-state index in [4.69, 9.17) is 15.2 Å². The van der Waals surface area contributed by atoms with Crippen LogP contribution >= 0.6 is 0 Å². The van der Waals surface area contributed by atoms with E-state index < -0.39 is 25.7 Å². The molecule has 0 saturated heterocycles. The number of aliphatic carboxylic acids is 1. The second kappa shape index (κ2) is 6.25. The number of carboxylic acids is 1. The second-order valence-electron chi connectivity index (χ2n) is 1.39. The first-order valence-corrected chi connectivity index (χ1v) is 2.30. The van der Waals surface area contributed by atoms with Crippen LogP contribution in [-0.4, -0.2) is 53.3 Å². The van der Waals surface area contributed by atoms with Crippen molar-refractivity contribution in [2.75, 3.05) is 0 Å². The molecule has 0 heterocycles. The van der Waals surface area contributed by atoms with Gasteiger partial charge in [-0.25, -0.2) is 0 Å². The maximum absolute atomic E-state index is 10.1. The van der Waals surface area contributed by atoms with E-state index in [2.05, 4.69) is 4.65 Å². The first-order chi connectivity index (χ1) is 4.52. The van der Waals surface area contributed by atoms with Crippen LogP contribution in [-0.2, 0) is 14.2 Å². The van der Waals surface area contributed by atoms with E-state index in [1.807, 2.05) is 0 Å². The van der Waals surface area contributed by atoms with E-state index in [-0.39, 0.29) is 18.9 Å². The third-order valence-corrected chi connectivity index (χ3v) is 0.532. The Morgan fingerprint density at radius 1 is 1.36 bits per heavy atom. The van der Waals surface area contributed by atoms with Crippen LogP contribution in [0, 0.1) is 0 Å². The third-order valence-electron chi connectivity index (χ3n) is 0.532. The normalized spacial score (nSPS) is 7.82. The van der Waals surface area contributed by atoms with Gasteiger partial charge >= 0.3 is 38.1 Å². The van der Waals surface area contributed by atoms with Gasteiger partial charge in [0.05, 0.1) is 0 Å². The Morgan fingerprint density at radius 3 is 2.09 bits per heavy atom. The molecule has 0 aromatic heterocycles. The molecule has 0 aliphatic heterocycles. The number of rotatable bonds is 3. The summed E-state index contributed by atoms with van der Waals surface area (Å²) in [6.45, 7) is 0. The Balaban J connectivity index is 0. The molecule has 0 fully saturated rings. The summed E-state index contributed by atoms with van der Waals surface area (Å²) in [5.41, 5.74) is 0. The van der Waals surface area contributed by atoms with Gasteiger partial charge in [-0.3, -0.25) is 9.59 Å². The minimum absolute atomic E-state index is 0. The number of hydrogen-bond donors (Lipinski definition) is 3. The zero-order valence-corrected chi connectivity index (χ0v) is 4.85. The standard InChI is InChI=1S/C3H5BO6.Li.H/c5-2(6)1-3(7)10-4(8)9;;/h8-9H,1H2,(H,5,6);;. The Kier molecular flexibility index (Phi) is 7.46. The van der Waals surface area contributed by atoms with Gasteiger partial charge in [-0.15, -0.1) is 0 Å². The van der Waals surface area contributed by atoms with Crippen LogP contribution in [0.15, 0.2) is 0 Å². The van der Waals surface area contributed by atoms with E-state index in [0.717, 1.165) is 0 Å². The van der Waals surface area contributed by atoms with Crippen LogP contribution < -0.4 is 0 Å². The molecular weight excluding hydrogens is 150 g/mol.